The number of sulfonamides is 1. The van der Waals surface area contributed by atoms with Crippen LogP contribution in [0, 0.1) is 0 Å². The number of H-pyrrole nitrogens is 1. The molecule has 1 heterocycles. The van der Waals surface area contributed by atoms with E-state index in [1.165, 1.54) is 0 Å². The van der Waals surface area contributed by atoms with Crippen molar-refractivity contribution in [3.8, 4) is 0 Å². The third-order valence-electron chi connectivity index (χ3n) is 2.51. The maximum atomic E-state index is 12.0. The topological polar surface area (TPSA) is 74.8 Å². The highest BCUT2D eigenvalue weighted by atomic mass is 32.2. The van der Waals surface area contributed by atoms with E-state index in [2.05, 4.69) is 14.9 Å². The van der Waals surface area contributed by atoms with Crippen molar-refractivity contribution in [3.05, 3.63) is 42.1 Å². The fourth-order valence-electron chi connectivity index (χ4n) is 1.48. The van der Waals surface area contributed by atoms with Crippen molar-refractivity contribution in [2.75, 3.05) is 4.72 Å². The maximum Gasteiger partial charge on any atom is 0.263 e. The van der Waals surface area contributed by atoms with E-state index in [0.717, 1.165) is 5.69 Å². The molecule has 1 aromatic heterocycles. The van der Waals surface area contributed by atoms with Gasteiger partial charge in [0.25, 0.3) is 10.0 Å². The molecule has 2 aromatic rings. The summed E-state index contributed by atoms with van der Waals surface area (Å²) < 4.78 is 26.5. The Hall–Kier alpha value is -1.82. The monoisotopic (exact) mass is 265 g/mol. The van der Waals surface area contributed by atoms with Crippen molar-refractivity contribution in [1.29, 1.82) is 0 Å². The van der Waals surface area contributed by atoms with Crippen LogP contribution in [0.2, 0.25) is 0 Å². The molecule has 96 valence electrons. The second-order valence-corrected chi connectivity index (χ2v) is 5.96. The quantitative estimate of drug-likeness (QED) is 0.891. The SMILES string of the molecule is CC(C)c1cc(NS(=O)(=O)c2ccccc2)n[nH]1. The van der Waals surface area contributed by atoms with Gasteiger partial charge >= 0.3 is 0 Å². The standard InChI is InChI=1S/C12H15N3O2S/c1-9(2)11-8-12(14-13-11)15-18(16,17)10-6-4-3-5-7-10/h3-9H,1-2H3,(H2,13,14,15). The van der Waals surface area contributed by atoms with Crippen LogP contribution in [0.3, 0.4) is 0 Å². The highest BCUT2D eigenvalue weighted by Gasteiger charge is 2.15. The molecule has 0 aliphatic carbocycles. The second-order valence-electron chi connectivity index (χ2n) is 4.28. The van der Waals surface area contributed by atoms with Crippen LogP contribution in [-0.2, 0) is 10.0 Å². The Morgan fingerprint density at radius 3 is 2.44 bits per heavy atom. The molecular weight excluding hydrogens is 250 g/mol. The summed E-state index contributed by atoms with van der Waals surface area (Å²) in [4.78, 5) is 0.221. The van der Waals surface area contributed by atoms with Crippen LogP contribution in [0.25, 0.3) is 0 Å². The summed E-state index contributed by atoms with van der Waals surface area (Å²) in [5.41, 5.74) is 0.890. The Kier molecular flexibility index (Phi) is 3.38. The molecule has 0 fully saturated rings. The van der Waals surface area contributed by atoms with E-state index in [-0.39, 0.29) is 10.8 Å². The molecule has 0 spiro atoms. The lowest BCUT2D eigenvalue weighted by atomic mass is 10.1. The molecule has 0 bridgehead atoms. The number of hydrogen-bond acceptors (Lipinski definition) is 3. The van der Waals surface area contributed by atoms with Gasteiger partial charge in [-0.05, 0) is 18.1 Å². The smallest absolute Gasteiger partial charge is 0.263 e. The van der Waals surface area contributed by atoms with Gasteiger partial charge in [0, 0.05) is 11.8 Å². The van der Waals surface area contributed by atoms with E-state index in [9.17, 15) is 8.42 Å². The number of aromatic nitrogens is 2. The van der Waals surface area contributed by atoms with Crippen molar-refractivity contribution >= 4 is 15.8 Å². The first-order valence-electron chi connectivity index (χ1n) is 5.62. The van der Waals surface area contributed by atoms with Crippen molar-refractivity contribution in [1.82, 2.24) is 10.2 Å². The van der Waals surface area contributed by atoms with Gasteiger partial charge in [0.1, 0.15) is 0 Å². The van der Waals surface area contributed by atoms with Crippen molar-refractivity contribution in [2.45, 2.75) is 24.7 Å². The summed E-state index contributed by atoms with van der Waals surface area (Å²) >= 11 is 0. The van der Waals surface area contributed by atoms with Gasteiger partial charge in [-0.15, -0.1) is 0 Å². The Bertz CT molecular complexity index is 618. The van der Waals surface area contributed by atoms with Crippen molar-refractivity contribution < 1.29 is 8.42 Å². The van der Waals surface area contributed by atoms with Crippen molar-refractivity contribution in [3.63, 3.8) is 0 Å². The van der Waals surface area contributed by atoms with Gasteiger partial charge in [-0.2, -0.15) is 5.10 Å². The molecule has 2 rings (SSSR count). The second kappa shape index (κ2) is 4.81. The molecule has 0 saturated heterocycles. The van der Waals surface area contributed by atoms with Crippen LogP contribution < -0.4 is 4.72 Å². The molecule has 6 heteroatoms. The lowest BCUT2D eigenvalue weighted by Gasteiger charge is -2.04. The molecular formula is C12H15N3O2S. The predicted octanol–water partition coefficient (Wildman–Crippen LogP) is 2.33. The number of benzene rings is 1. The number of hydrogen-bond donors (Lipinski definition) is 2. The first-order chi connectivity index (χ1) is 8.49. The van der Waals surface area contributed by atoms with Crippen LogP contribution >= 0.6 is 0 Å². The fourth-order valence-corrected chi connectivity index (χ4v) is 2.49. The highest BCUT2D eigenvalue weighted by Crippen LogP contribution is 2.18. The first-order valence-corrected chi connectivity index (χ1v) is 7.10. The predicted molar refractivity (Wildman–Crippen MR) is 69.9 cm³/mol. The van der Waals surface area contributed by atoms with Gasteiger partial charge < -0.3 is 0 Å². The van der Waals surface area contributed by atoms with Crippen molar-refractivity contribution in [2.24, 2.45) is 0 Å². The molecule has 1 aromatic carbocycles. The summed E-state index contributed by atoms with van der Waals surface area (Å²) in [7, 11) is -3.56. The average molecular weight is 265 g/mol. The Morgan fingerprint density at radius 2 is 1.89 bits per heavy atom. The molecule has 0 aliphatic heterocycles. The van der Waals surface area contributed by atoms with Crippen LogP contribution in [0.4, 0.5) is 5.82 Å². The molecule has 0 saturated carbocycles. The number of rotatable bonds is 4. The van der Waals surface area contributed by atoms with Crippen LogP contribution in [0.1, 0.15) is 25.5 Å². The number of aromatic amines is 1. The van der Waals surface area contributed by atoms with Gasteiger partial charge in [0.15, 0.2) is 5.82 Å². The van der Waals surface area contributed by atoms with Gasteiger partial charge in [-0.25, -0.2) is 8.42 Å². The minimum Gasteiger partial charge on any atom is -0.280 e. The molecule has 0 atom stereocenters. The third-order valence-corrected chi connectivity index (χ3v) is 3.88. The van der Waals surface area contributed by atoms with E-state index in [1.54, 1.807) is 36.4 Å². The zero-order valence-corrected chi connectivity index (χ0v) is 11.0. The van der Waals surface area contributed by atoms with Crippen LogP contribution in [0.5, 0.6) is 0 Å². The zero-order chi connectivity index (χ0) is 13.2. The minimum atomic E-state index is -3.56. The number of anilines is 1. The molecule has 0 radical (unpaired) electrons. The van der Waals surface area contributed by atoms with Gasteiger partial charge in [-0.3, -0.25) is 9.82 Å². The minimum absolute atomic E-state index is 0.221. The summed E-state index contributed by atoms with van der Waals surface area (Å²) in [6.45, 7) is 4.01. The third kappa shape index (κ3) is 2.70. The lowest BCUT2D eigenvalue weighted by molar-refractivity contribution is 0.601. The normalized spacial score (nSPS) is 11.7. The Morgan fingerprint density at radius 1 is 1.22 bits per heavy atom. The van der Waals surface area contributed by atoms with Gasteiger partial charge in [0.2, 0.25) is 0 Å². The zero-order valence-electron chi connectivity index (χ0n) is 10.2. The summed E-state index contributed by atoms with van der Waals surface area (Å²) in [6.07, 6.45) is 0. The Balaban J connectivity index is 2.23. The average Bonchev–Trinajstić information content (AvgIpc) is 2.78. The van der Waals surface area contributed by atoms with E-state index < -0.39 is 10.0 Å². The molecule has 0 amide bonds. The van der Waals surface area contributed by atoms with E-state index in [1.807, 2.05) is 13.8 Å². The largest absolute Gasteiger partial charge is 0.280 e. The first kappa shape index (κ1) is 12.6. The molecule has 0 unspecified atom stereocenters. The maximum absolute atomic E-state index is 12.0. The van der Waals surface area contributed by atoms with Gasteiger partial charge in [0.05, 0.1) is 4.90 Å². The lowest BCUT2D eigenvalue weighted by Crippen LogP contribution is -2.12. The summed E-state index contributed by atoms with van der Waals surface area (Å²) in [6, 6.07) is 9.91. The number of nitrogens with zero attached hydrogens (tertiary/aromatic N) is 1. The van der Waals surface area contributed by atoms with Crippen LogP contribution in [-0.4, -0.2) is 18.6 Å². The number of nitrogens with one attached hydrogen (secondary N) is 2. The summed E-state index contributed by atoms with van der Waals surface area (Å²) in [5.74, 6) is 0.579. The molecule has 5 nitrogen and oxygen atoms in total. The van der Waals surface area contributed by atoms with E-state index in [0.29, 0.717) is 5.82 Å². The molecule has 0 aliphatic rings. The molecule has 2 N–H and O–H groups in total. The van der Waals surface area contributed by atoms with E-state index >= 15 is 0 Å². The van der Waals surface area contributed by atoms with Crippen LogP contribution in [0.15, 0.2) is 41.3 Å². The van der Waals surface area contributed by atoms with E-state index in [4.69, 9.17) is 0 Å². The fraction of sp³-hybridized carbons (Fsp3) is 0.250. The highest BCUT2D eigenvalue weighted by molar-refractivity contribution is 7.92. The van der Waals surface area contributed by atoms with Gasteiger partial charge in [-0.1, -0.05) is 32.0 Å². The Labute approximate surface area is 106 Å². The molecule has 18 heavy (non-hydrogen) atoms. The summed E-state index contributed by atoms with van der Waals surface area (Å²) in [5, 5.41) is 6.74.